The van der Waals surface area contributed by atoms with Crippen molar-refractivity contribution < 1.29 is 17.9 Å². The molecule has 168 valence electrons. The van der Waals surface area contributed by atoms with E-state index < -0.39 is 10.0 Å². The minimum atomic E-state index is -3.57. The first-order valence-corrected chi connectivity index (χ1v) is 11.9. The molecule has 2 heterocycles. The van der Waals surface area contributed by atoms with Crippen LogP contribution >= 0.6 is 0 Å². The number of fused-ring (bicyclic) bond motifs is 1. The van der Waals surface area contributed by atoms with Crippen molar-refractivity contribution in [3.05, 3.63) is 70.5 Å². The van der Waals surface area contributed by atoms with Gasteiger partial charge < -0.3 is 10.1 Å². The van der Waals surface area contributed by atoms with Crippen molar-refractivity contribution in [2.75, 3.05) is 20.2 Å². The van der Waals surface area contributed by atoms with Crippen molar-refractivity contribution in [3.63, 3.8) is 0 Å². The largest absolute Gasteiger partial charge is 0.496 e. The Morgan fingerprint density at radius 2 is 1.81 bits per heavy atom. The Bertz CT molecular complexity index is 1310. The number of hydrogen-bond donors (Lipinski definition) is 1. The highest BCUT2D eigenvalue weighted by Gasteiger charge is 2.27. The predicted octanol–water partition coefficient (Wildman–Crippen LogP) is 2.11. The number of nitrogens with one attached hydrogen (secondary N) is 1. The summed E-state index contributed by atoms with van der Waals surface area (Å²) < 4.78 is 33.8. The fourth-order valence-corrected chi connectivity index (χ4v) is 5.48. The second-order valence-electron chi connectivity index (χ2n) is 7.68. The minimum Gasteiger partial charge on any atom is -0.496 e. The van der Waals surface area contributed by atoms with E-state index in [1.54, 1.807) is 25.3 Å². The van der Waals surface area contributed by atoms with Crippen LogP contribution in [0, 0.1) is 0 Å². The highest BCUT2D eigenvalue weighted by molar-refractivity contribution is 7.89. The monoisotopic (exact) mass is 455 g/mol. The van der Waals surface area contributed by atoms with Crippen LogP contribution in [0.25, 0.3) is 10.9 Å². The molecule has 1 N–H and O–H groups in total. The number of benzene rings is 2. The fourth-order valence-electron chi connectivity index (χ4n) is 3.93. The molecule has 32 heavy (non-hydrogen) atoms. The average molecular weight is 456 g/mol. The van der Waals surface area contributed by atoms with Crippen LogP contribution in [0.1, 0.15) is 18.4 Å². The molecule has 9 heteroatoms. The lowest BCUT2D eigenvalue weighted by molar-refractivity contribution is -0.121. The third kappa shape index (κ3) is 4.39. The van der Waals surface area contributed by atoms with Gasteiger partial charge in [0.1, 0.15) is 12.3 Å². The number of aromatic nitrogens is 1. The van der Waals surface area contributed by atoms with E-state index in [1.807, 2.05) is 24.3 Å². The van der Waals surface area contributed by atoms with Gasteiger partial charge in [-0.3, -0.25) is 14.2 Å². The van der Waals surface area contributed by atoms with E-state index in [2.05, 4.69) is 5.32 Å². The quantitative estimate of drug-likeness (QED) is 0.589. The molecule has 3 aromatic rings. The highest BCUT2D eigenvalue weighted by Crippen LogP contribution is 2.24. The summed E-state index contributed by atoms with van der Waals surface area (Å²) in [6.45, 7) is 1.13. The summed E-state index contributed by atoms with van der Waals surface area (Å²) in [6.07, 6.45) is 1.71. The minimum absolute atomic E-state index is 0.177. The Morgan fingerprint density at radius 1 is 1.06 bits per heavy atom. The maximum Gasteiger partial charge on any atom is 0.251 e. The van der Waals surface area contributed by atoms with Crippen LogP contribution in [-0.2, 0) is 27.9 Å². The van der Waals surface area contributed by atoms with Crippen molar-refractivity contribution in [2.45, 2.75) is 30.8 Å². The molecule has 1 aliphatic rings. The molecule has 1 saturated heterocycles. The van der Waals surface area contributed by atoms with Crippen LogP contribution in [0.5, 0.6) is 5.75 Å². The van der Waals surface area contributed by atoms with Gasteiger partial charge in [0, 0.05) is 31.3 Å². The number of carbonyl (C=O) groups is 1. The molecule has 0 bridgehead atoms. The number of carbonyl (C=O) groups excluding carboxylic acids is 1. The first kappa shape index (κ1) is 22.0. The average Bonchev–Trinajstić information content (AvgIpc) is 3.35. The number of amides is 1. The van der Waals surface area contributed by atoms with Gasteiger partial charge in [-0.2, -0.15) is 4.31 Å². The van der Waals surface area contributed by atoms with E-state index in [0.29, 0.717) is 29.7 Å². The van der Waals surface area contributed by atoms with Gasteiger partial charge in [-0.05, 0) is 48.6 Å². The molecular formula is C23H25N3O5S. The van der Waals surface area contributed by atoms with Crippen LogP contribution in [0.4, 0.5) is 0 Å². The molecule has 1 fully saturated rings. The molecular weight excluding hydrogens is 430 g/mol. The number of methoxy groups -OCH3 is 1. The van der Waals surface area contributed by atoms with Crippen molar-refractivity contribution in [2.24, 2.45) is 0 Å². The van der Waals surface area contributed by atoms with Crippen molar-refractivity contribution in [3.8, 4) is 5.75 Å². The highest BCUT2D eigenvalue weighted by atomic mass is 32.2. The molecule has 2 aromatic carbocycles. The molecule has 0 spiro atoms. The summed E-state index contributed by atoms with van der Waals surface area (Å²) in [6, 6.07) is 14.9. The summed E-state index contributed by atoms with van der Waals surface area (Å²) >= 11 is 0. The van der Waals surface area contributed by atoms with E-state index in [-0.39, 0.29) is 29.5 Å². The van der Waals surface area contributed by atoms with Gasteiger partial charge >= 0.3 is 0 Å². The SMILES string of the molecule is COc1ccccc1CNC(=O)Cn1c(=O)ccc2cc(S(=O)(=O)N3CCCC3)ccc21. The van der Waals surface area contributed by atoms with Crippen LogP contribution in [-0.4, -0.2) is 43.4 Å². The number of ether oxygens (including phenoxy) is 1. The first-order chi connectivity index (χ1) is 15.4. The van der Waals surface area contributed by atoms with Crippen LogP contribution in [0.15, 0.2) is 64.3 Å². The number of rotatable bonds is 7. The summed E-state index contributed by atoms with van der Waals surface area (Å²) in [5.74, 6) is 0.334. The molecule has 4 rings (SSSR count). The smallest absolute Gasteiger partial charge is 0.251 e. The summed E-state index contributed by atoms with van der Waals surface area (Å²) in [5.41, 5.74) is 0.996. The summed E-state index contributed by atoms with van der Waals surface area (Å²) in [4.78, 5) is 25.2. The maximum atomic E-state index is 12.9. The Hall–Kier alpha value is -3.17. The number of nitrogens with zero attached hydrogens (tertiary/aromatic N) is 2. The number of hydrogen-bond acceptors (Lipinski definition) is 5. The van der Waals surface area contributed by atoms with Crippen LogP contribution < -0.4 is 15.6 Å². The lowest BCUT2D eigenvalue weighted by Crippen LogP contribution is -2.32. The van der Waals surface area contributed by atoms with E-state index in [1.165, 1.54) is 21.0 Å². The summed E-state index contributed by atoms with van der Waals surface area (Å²) in [7, 11) is -2.00. The molecule has 0 atom stereocenters. The topological polar surface area (TPSA) is 97.7 Å². The van der Waals surface area contributed by atoms with Gasteiger partial charge in [-0.1, -0.05) is 18.2 Å². The number of para-hydroxylation sites is 1. The molecule has 8 nitrogen and oxygen atoms in total. The fraction of sp³-hybridized carbons (Fsp3) is 0.304. The van der Waals surface area contributed by atoms with E-state index >= 15 is 0 Å². The van der Waals surface area contributed by atoms with Gasteiger partial charge in [-0.15, -0.1) is 0 Å². The Balaban J connectivity index is 1.56. The molecule has 0 radical (unpaired) electrons. The van der Waals surface area contributed by atoms with Gasteiger partial charge in [-0.25, -0.2) is 8.42 Å². The Kier molecular flexibility index (Phi) is 6.29. The lowest BCUT2D eigenvalue weighted by atomic mass is 10.2. The zero-order chi connectivity index (χ0) is 22.7. The molecule has 1 aliphatic heterocycles. The second-order valence-corrected chi connectivity index (χ2v) is 9.62. The normalized spacial score (nSPS) is 14.5. The van der Waals surface area contributed by atoms with E-state index in [0.717, 1.165) is 18.4 Å². The third-order valence-corrected chi connectivity index (χ3v) is 7.53. The zero-order valence-electron chi connectivity index (χ0n) is 17.8. The van der Waals surface area contributed by atoms with E-state index in [9.17, 15) is 18.0 Å². The Labute approximate surface area is 186 Å². The first-order valence-electron chi connectivity index (χ1n) is 10.4. The molecule has 1 amide bonds. The standard InChI is InChI=1S/C23H25N3O5S/c1-31-21-7-3-2-6-18(21)15-24-22(27)16-26-20-10-9-19(14-17(20)8-11-23(26)28)32(29,30)25-12-4-5-13-25/h2-3,6-11,14H,4-5,12-13,15-16H2,1H3,(H,24,27). The Morgan fingerprint density at radius 3 is 2.56 bits per heavy atom. The number of sulfonamides is 1. The van der Waals surface area contributed by atoms with Gasteiger partial charge in [0.05, 0.1) is 17.5 Å². The van der Waals surface area contributed by atoms with Crippen molar-refractivity contribution in [1.29, 1.82) is 0 Å². The van der Waals surface area contributed by atoms with Crippen molar-refractivity contribution in [1.82, 2.24) is 14.2 Å². The second kappa shape index (κ2) is 9.13. The maximum absolute atomic E-state index is 12.9. The summed E-state index contributed by atoms with van der Waals surface area (Å²) in [5, 5.41) is 3.39. The molecule has 0 unspecified atom stereocenters. The van der Waals surface area contributed by atoms with Gasteiger partial charge in [0.25, 0.3) is 5.56 Å². The number of pyridine rings is 1. The third-order valence-electron chi connectivity index (χ3n) is 5.63. The molecule has 0 saturated carbocycles. The zero-order valence-corrected chi connectivity index (χ0v) is 18.6. The molecule has 1 aromatic heterocycles. The van der Waals surface area contributed by atoms with Crippen LogP contribution in [0.3, 0.4) is 0 Å². The van der Waals surface area contributed by atoms with Crippen molar-refractivity contribution >= 4 is 26.8 Å². The molecule has 0 aliphatic carbocycles. The van der Waals surface area contributed by atoms with Crippen LogP contribution in [0.2, 0.25) is 0 Å². The van der Waals surface area contributed by atoms with Gasteiger partial charge in [0.2, 0.25) is 15.9 Å². The lowest BCUT2D eigenvalue weighted by Gasteiger charge is -2.16. The predicted molar refractivity (Wildman–Crippen MR) is 121 cm³/mol. The van der Waals surface area contributed by atoms with Gasteiger partial charge in [0.15, 0.2) is 0 Å². The van der Waals surface area contributed by atoms with E-state index in [4.69, 9.17) is 4.74 Å².